The summed E-state index contributed by atoms with van der Waals surface area (Å²) < 4.78 is 41.7. The maximum Gasteiger partial charge on any atom is 0.491 e. The highest BCUT2D eigenvalue weighted by Crippen LogP contribution is 2.35. The Morgan fingerprint density at radius 2 is 1.79 bits per heavy atom. The van der Waals surface area contributed by atoms with Crippen molar-refractivity contribution in [3.05, 3.63) is 42.5 Å². The van der Waals surface area contributed by atoms with Crippen LogP contribution in [0, 0.1) is 5.82 Å². The Kier molecular flexibility index (Phi) is 5.50. The molecule has 2 aromatic carbocycles. The molecule has 8 nitrogen and oxygen atoms in total. The van der Waals surface area contributed by atoms with Gasteiger partial charge in [0, 0.05) is 28.1 Å². The van der Waals surface area contributed by atoms with Crippen LogP contribution >= 0.6 is 0 Å². The quantitative estimate of drug-likeness (QED) is 0.615. The Bertz CT molecular complexity index is 1160. The zero-order valence-corrected chi connectivity index (χ0v) is 16.1. The van der Waals surface area contributed by atoms with Crippen molar-refractivity contribution in [1.82, 2.24) is 9.97 Å². The molecule has 1 aromatic heterocycles. The van der Waals surface area contributed by atoms with Gasteiger partial charge in [-0.1, -0.05) is 0 Å². The summed E-state index contributed by atoms with van der Waals surface area (Å²) in [5.74, 6) is 0.223. The van der Waals surface area contributed by atoms with Crippen molar-refractivity contribution >= 4 is 39.0 Å². The van der Waals surface area contributed by atoms with E-state index in [2.05, 4.69) is 14.3 Å². The van der Waals surface area contributed by atoms with E-state index < -0.39 is 22.7 Å². The molecular formula is C17H17BFN3O5S. The minimum atomic E-state index is -3.09. The second kappa shape index (κ2) is 7.70. The fraction of sp³-hybridized carbons (Fsp3) is 0.176. The van der Waals surface area contributed by atoms with Crippen LogP contribution in [0.1, 0.15) is 0 Å². The molecule has 3 aromatic rings. The van der Waals surface area contributed by atoms with E-state index in [1.165, 1.54) is 32.9 Å². The summed E-state index contributed by atoms with van der Waals surface area (Å²) in [6, 6.07) is 6.66. The van der Waals surface area contributed by atoms with Crippen LogP contribution in [0.4, 0.5) is 10.2 Å². The summed E-state index contributed by atoms with van der Waals surface area (Å²) in [7, 11) is -2.15. The molecule has 0 amide bonds. The van der Waals surface area contributed by atoms with Gasteiger partial charge in [-0.25, -0.2) is 18.6 Å². The van der Waals surface area contributed by atoms with E-state index >= 15 is 0 Å². The van der Waals surface area contributed by atoms with E-state index in [1.807, 2.05) is 0 Å². The minimum Gasteiger partial charge on any atom is -0.493 e. The van der Waals surface area contributed by atoms with Crippen LogP contribution < -0.4 is 14.9 Å². The Morgan fingerprint density at radius 3 is 2.43 bits per heavy atom. The molecule has 0 aliphatic carbocycles. The summed E-state index contributed by atoms with van der Waals surface area (Å²) >= 11 is 0. The van der Waals surface area contributed by atoms with Crippen molar-refractivity contribution in [2.75, 3.05) is 20.5 Å². The highest BCUT2D eigenvalue weighted by Gasteiger charge is 2.20. The van der Waals surface area contributed by atoms with Gasteiger partial charge in [-0.05, 0) is 24.3 Å². The lowest BCUT2D eigenvalue weighted by molar-refractivity contribution is 0.356. The fourth-order valence-electron chi connectivity index (χ4n) is 2.62. The first-order chi connectivity index (χ1) is 13.3. The number of aromatic nitrogens is 2. The molecule has 146 valence electrons. The molecule has 0 bridgehead atoms. The van der Waals surface area contributed by atoms with Crippen molar-refractivity contribution < 1.29 is 28.1 Å². The van der Waals surface area contributed by atoms with Gasteiger partial charge >= 0.3 is 7.12 Å². The summed E-state index contributed by atoms with van der Waals surface area (Å²) in [5, 5.41) is 19.0. The molecule has 0 saturated carbocycles. The average molecular weight is 405 g/mol. The molecule has 1 heterocycles. The SMILES string of the molecule is COc1cc2ncnc(N=S(C)(=O)c3ccc(F)c(B(O)O)c3)c2cc1OC. The number of methoxy groups -OCH3 is 2. The second-order valence-corrected chi connectivity index (χ2v) is 8.13. The van der Waals surface area contributed by atoms with E-state index in [1.54, 1.807) is 12.1 Å². The number of ether oxygens (including phenoxy) is 2. The maximum absolute atomic E-state index is 13.7. The third-order valence-corrected chi connectivity index (χ3v) is 5.71. The smallest absolute Gasteiger partial charge is 0.491 e. The van der Waals surface area contributed by atoms with Crippen LogP contribution in [0.25, 0.3) is 10.9 Å². The number of fused-ring (bicyclic) bond motifs is 1. The number of rotatable bonds is 5. The predicted octanol–water partition coefficient (Wildman–Crippen LogP) is 1.25. The molecule has 3 rings (SSSR count). The summed E-state index contributed by atoms with van der Waals surface area (Å²) in [5.41, 5.74) is 0.119. The van der Waals surface area contributed by atoms with Gasteiger partial charge in [-0.2, -0.15) is 4.36 Å². The Morgan fingerprint density at radius 1 is 1.11 bits per heavy atom. The monoisotopic (exact) mass is 405 g/mol. The number of hydrogen-bond acceptors (Lipinski definition) is 8. The first-order valence-corrected chi connectivity index (χ1v) is 9.93. The molecule has 0 fully saturated rings. The molecule has 1 atom stereocenters. The third-order valence-electron chi connectivity index (χ3n) is 4.06. The molecule has 28 heavy (non-hydrogen) atoms. The molecule has 0 aliphatic heterocycles. The third kappa shape index (κ3) is 3.77. The minimum absolute atomic E-state index is 0.129. The van der Waals surface area contributed by atoms with Gasteiger partial charge in [0.25, 0.3) is 0 Å². The van der Waals surface area contributed by atoms with Crippen LogP contribution in [-0.2, 0) is 9.73 Å². The molecule has 1 unspecified atom stereocenters. The zero-order chi connectivity index (χ0) is 20.5. The Hall–Kier alpha value is -2.76. The fourth-order valence-corrected chi connectivity index (χ4v) is 3.86. The highest BCUT2D eigenvalue weighted by molar-refractivity contribution is 7.93. The first kappa shape index (κ1) is 20.0. The van der Waals surface area contributed by atoms with E-state index in [9.17, 15) is 18.6 Å². The molecule has 2 N–H and O–H groups in total. The zero-order valence-electron chi connectivity index (χ0n) is 15.3. The lowest BCUT2D eigenvalue weighted by atomic mass is 9.80. The molecule has 0 saturated heterocycles. The van der Waals surface area contributed by atoms with Gasteiger partial charge in [-0.3, -0.25) is 0 Å². The summed E-state index contributed by atoms with van der Waals surface area (Å²) in [6.45, 7) is 0. The largest absolute Gasteiger partial charge is 0.493 e. The standard InChI is InChI=1S/C17H17BFN3O5S/c1-26-15-7-11-14(8-16(15)27-2)20-9-21-17(11)22-28(3,25)10-4-5-13(19)12(6-10)18(23)24/h4-9,23-24H,1-3H3. The molecule has 0 spiro atoms. The van der Waals surface area contributed by atoms with Gasteiger partial charge in [0.1, 0.15) is 12.1 Å². The van der Waals surface area contributed by atoms with Crippen LogP contribution in [-0.4, -0.2) is 51.8 Å². The maximum atomic E-state index is 13.7. The lowest BCUT2D eigenvalue weighted by Crippen LogP contribution is -2.33. The number of halogens is 1. The first-order valence-electron chi connectivity index (χ1n) is 8.01. The Balaban J connectivity index is 2.21. The van der Waals surface area contributed by atoms with Gasteiger partial charge in [0.05, 0.1) is 29.5 Å². The van der Waals surface area contributed by atoms with E-state index in [0.717, 1.165) is 12.1 Å². The lowest BCUT2D eigenvalue weighted by Gasteiger charge is -2.11. The van der Waals surface area contributed by atoms with E-state index in [0.29, 0.717) is 22.4 Å². The molecular weight excluding hydrogens is 388 g/mol. The van der Waals surface area contributed by atoms with Crippen LogP contribution in [0.5, 0.6) is 11.5 Å². The van der Waals surface area contributed by atoms with Crippen molar-refractivity contribution in [2.45, 2.75) is 4.90 Å². The van der Waals surface area contributed by atoms with Gasteiger partial charge in [-0.15, -0.1) is 0 Å². The summed E-state index contributed by atoms with van der Waals surface area (Å²) in [4.78, 5) is 8.39. The second-order valence-electron chi connectivity index (χ2n) is 5.87. The highest BCUT2D eigenvalue weighted by atomic mass is 32.2. The van der Waals surface area contributed by atoms with E-state index in [-0.39, 0.29) is 16.2 Å². The van der Waals surface area contributed by atoms with Crippen molar-refractivity contribution in [2.24, 2.45) is 4.36 Å². The normalized spacial score (nSPS) is 13.1. The van der Waals surface area contributed by atoms with Crippen molar-refractivity contribution in [3.8, 4) is 11.5 Å². The van der Waals surface area contributed by atoms with Crippen LogP contribution in [0.2, 0.25) is 0 Å². The van der Waals surface area contributed by atoms with Crippen LogP contribution in [0.15, 0.2) is 45.9 Å². The average Bonchev–Trinajstić information content (AvgIpc) is 2.66. The van der Waals surface area contributed by atoms with Crippen molar-refractivity contribution in [1.29, 1.82) is 0 Å². The molecule has 0 radical (unpaired) electrons. The van der Waals surface area contributed by atoms with Crippen molar-refractivity contribution in [3.63, 3.8) is 0 Å². The van der Waals surface area contributed by atoms with Crippen LogP contribution in [0.3, 0.4) is 0 Å². The predicted molar refractivity (Wildman–Crippen MR) is 103 cm³/mol. The topological polar surface area (TPSA) is 114 Å². The molecule has 11 heteroatoms. The van der Waals surface area contributed by atoms with Gasteiger partial charge < -0.3 is 19.5 Å². The number of hydrogen-bond donors (Lipinski definition) is 2. The summed E-state index contributed by atoms with van der Waals surface area (Å²) in [6.07, 6.45) is 2.62. The number of nitrogens with zero attached hydrogens (tertiary/aromatic N) is 3. The molecule has 0 aliphatic rings. The van der Waals surface area contributed by atoms with Gasteiger partial charge in [0.15, 0.2) is 17.3 Å². The van der Waals surface area contributed by atoms with Gasteiger partial charge in [0.2, 0.25) is 0 Å². The Labute approximate surface area is 161 Å². The number of benzene rings is 2. The van der Waals surface area contributed by atoms with E-state index in [4.69, 9.17) is 9.47 Å².